The molecule has 162 valence electrons. The van der Waals surface area contributed by atoms with E-state index in [-0.39, 0.29) is 17.7 Å². The van der Waals surface area contributed by atoms with Gasteiger partial charge in [0.1, 0.15) is 0 Å². The Hall–Kier alpha value is -2.94. The number of aromatic nitrogens is 3. The molecule has 2 fully saturated rings. The lowest BCUT2D eigenvalue weighted by Crippen LogP contribution is -2.43. The summed E-state index contributed by atoms with van der Waals surface area (Å²) in [5, 5.41) is 14.3. The van der Waals surface area contributed by atoms with Crippen LogP contribution in [0.25, 0.3) is 10.9 Å². The van der Waals surface area contributed by atoms with Crippen molar-refractivity contribution in [3.8, 4) is 0 Å². The molecule has 2 N–H and O–H groups in total. The van der Waals surface area contributed by atoms with Crippen LogP contribution < -0.4 is 15.1 Å². The van der Waals surface area contributed by atoms with E-state index in [0.29, 0.717) is 24.6 Å². The molecule has 4 heterocycles. The zero-order valence-electron chi connectivity index (χ0n) is 17.3. The van der Waals surface area contributed by atoms with Crippen LogP contribution in [0.4, 0.5) is 10.3 Å². The first-order valence-corrected chi connectivity index (χ1v) is 11.7. The Kier molecular flexibility index (Phi) is 5.59. The minimum Gasteiger partial charge on any atom is -0.361 e. The van der Waals surface area contributed by atoms with Gasteiger partial charge < -0.3 is 15.2 Å². The van der Waals surface area contributed by atoms with E-state index in [1.54, 1.807) is 4.90 Å². The molecule has 0 aliphatic carbocycles. The van der Waals surface area contributed by atoms with Crippen molar-refractivity contribution in [2.75, 3.05) is 36.0 Å². The van der Waals surface area contributed by atoms with E-state index in [1.165, 1.54) is 22.3 Å². The lowest BCUT2D eigenvalue weighted by atomic mass is 9.97. The number of amides is 2. The van der Waals surface area contributed by atoms with E-state index in [0.717, 1.165) is 49.4 Å². The van der Waals surface area contributed by atoms with Crippen molar-refractivity contribution < 1.29 is 9.59 Å². The van der Waals surface area contributed by atoms with E-state index in [9.17, 15) is 9.59 Å². The number of hydrogen-bond acceptors (Lipinski definition) is 6. The summed E-state index contributed by atoms with van der Waals surface area (Å²) in [6.07, 6.45) is 6.11. The zero-order chi connectivity index (χ0) is 21.2. The van der Waals surface area contributed by atoms with Crippen LogP contribution >= 0.6 is 11.3 Å². The second-order valence-electron chi connectivity index (χ2n) is 8.20. The molecule has 31 heavy (non-hydrogen) atoms. The maximum absolute atomic E-state index is 12.8. The Morgan fingerprint density at radius 3 is 2.94 bits per heavy atom. The molecule has 3 aromatic rings. The molecule has 1 aromatic carbocycles. The molecule has 2 aliphatic rings. The molecule has 0 saturated carbocycles. The summed E-state index contributed by atoms with van der Waals surface area (Å²) >= 11 is 1.44. The number of fused-ring (bicyclic) bond motifs is 1. The van der Waals surface area contributed by atoms with Gasteiger partial charge in [-0.05, 0) is 37.3 Å². The number of nitrogens with one attached hydrogen (secondary N) is 2. The molecule has 0 radical (unpaired) electrons. The average Bonchev–Trinajstić information content (AvgIpc) is 3.53. The molecule has 2 aromatic heterocycles. The van der Waals surface area contributed by atoms with Gasteiger partial charge in [0.05, 0.1) is 5.92 Å². The fourth-order valence-corrected chi connectivity index (χ4v) is 5.39. The summed E-state index contributed by atoms with van der Waals surface area (Å²) in [6.45, 7) is 2.84. The van der Waals surface area contributed by atoms with Gasteiger partial charge >= 0.3 is 0 Å². The summed E-state index contributed by atoms with van der Waals surface area (Å²) in [7, 11) is 0. The highest BCUT2D eigenvalue weighted by atomic mass is 32.1. The lowest BCUT2D eigenvalue weighted by molar-refractivity contribution is -0.125. The zero-order valence-corrected chi connectivity index (χ0v) is 18.2. The molecule has 5 rings (SSSR count). The molecular weight excluding hydrogens is 412 g/mol. The molecule has 2 saturated heterocycles. The van der Waals surface area contributed by atoms with Crippen LogP contribution in [-0.4, -0.2) is 53.2 Å². The number of H-pyrrole nitrogens is 1. The van der Waals surface area contributed by atoms with Gasteiger partial charge in [-0.3, -0.25) is 14.5 Å². The second-order valence-corrected chi connectivity index (χ2v) is 9.14. The topological polar surface area (TPSA) is 94.2 Å². The summed E-state index contributed by atoms with van der Waals surface area (Å²) in [6, 6.07) is 8.22. The van der Waals surface area contributed by atoms with Crippen LogP contribution in [0.3, 0.4) is 0 Å². The molecule has 9 heteroatoms. The highest BCUT2D eigenvalue weighted by Gasteiger charge is 2.30. The minimum atomic E-state index is -0.0579. The predicted molar refractivity (Wildman–Crippen MR) is 121 cm³/mol. The molecule has 2 aliphatic heterocycles. The SMILES string of the molecule is O=C(NCCc1c[nH]c2ccccc12)[C@@H]1CCCN(c2nnc(N3CCCC3=O)s2)C1. The average molecular weight is 439 g/mol. The van der Waals surface area contributed by atoms with Gasteiger partial charge in [0.25, 0.3) is 0 Å². The Balaban J connectivity index is 1.16. The van der Waals surface area contributed by atoms with E-state index < -0.39 is 0 Å². The fourth-order valence-electron chi connectivity index (χ4n) is 4.46. The van der Waals surface area contributed by atoms with Crippen molar-refractivity contribution in [3.05, 3.63) is 36.0 Å². The fraction of sp³-hybridized carbons (Fsp3) is 0.455. The van der Waals surface area contributed by atoms with E-state index in [1.807, 2.05) is 18.3 Å². The van der Waals surface area contributed by atoms with E-state index in [2.05, 4.69) is 37.5 Å². The monoisotopic (exact) mass is 438 g/mol. The molecular formula is C22H26N6O2S. The largest absolute Gasteiger partial charge is 0.361 e. The Morgan fingerprint density at radius 1 is 1.19 bits per heavy atom. The third-order valence-corrected chi connectivity index (χ3v) is 7.15. The van der Waals surface area contributed by atoms with Crippen LogP contribution in [-0.2, 0) is 16.0 Å². The number of aromatic amines is 1. The molecule has 0 unspecified atom stereocenters. The summed E-state index contributed by atoms with van der Waals surface area (Å²) in [5.41, 5.74) is 2.35. The van der Waals surface area contributed by atoms with Gasteiger partial charge in [0.15, 0.2) is 0 Å². The maximum atomic E-state index is 12.8. The maximum Gasteiger partial charge on any atom is 0.228 e. The molecule has 2 amide bonds. The highest BCUT2D eigenvalue weighted by molar-refractivity contribution is 7.19. The van der Waals surface area contributed by atoms with Crippen molar-refractivity contribution in [2.45, 2.75) is 32.1 Å². The standard InChI is InChI=1S/C22H26N6O2S/c29-19-8-4-12-28(19)22-26-25-21(31-22)27-11-3-5-16(14-27)20(30)23-10-9-15-13-24-18-7-2-1-6-17(15)18/h1-2,6-7,13,16,24H,3-5,8-12,14H2,(H,23,30)/t16-/m1/s1. The van der Waals surface area contributed by atoms with Crippen LogP contribution in [0.1, 0.15) is 31.2 Å². The second kappa shape index (κ2) is 8.66. The Bertz CT molecular complexity index is 1090. The van der Waals surface area contributed by atoms with Crippen LogP contribution in [0.15, 0.2) is 30.5 Å². The number of para-hydroxylation sites is 1. The van der Waals surface area contributed by atoms with Crippen molar-refractivity contribution in [1.29, 1.82) is 0 Å². The molecule has 8 nitrogen and oxygen atoms in total. The Morgan fingerprint density at radius 2 is 2.06 bits per heavy atom. The smallest absolute Gasteiger partial charge is 0.228 e. The number of benzene rings is 1. The summed E-state index contributed by atoms with van der Waals surface area (Å²) in [4.78, 5) is 31.9. The highest BCUT2D eigenvalue weighted by Crippen LogP contribution is 2.32. The first-order chi connectivity index (χ1) is 15.2. The normalized spacial score (nSPS) is 19.4. The van der Waals surface area contributed by atoms with Crippen molar-refractivity contribution >= 4 is 44.3 Å². The number of piperidine rings is 1. The third-order valence-electron chi connectivity index (χ3n) is 6.14. The molecule has 0 spiro atoms. The van der Waals surface area contributed by atoms with Gasteiger partial charge in [0.2, 0.25) is 22.1 Å². The van der Waals surface area contributed by atoms with Crippen molar-refractivity contribution in [1.82, 2.24) is 20.5 Å². The van der Waals surface area contributed by atoms with Crippen LogP contribution in [0.5, 0.6) is 0 Å². The van der Waals surface area contributed by atoms with Gasteiger partial charge in [-0.1, -0.05) is 29.5 Å². The number of hydrogen-bond donors (Lipinski definition) is 2. The summed E-state index contributed by atoms with van der Waals surface area (Å²) < 4.78 is 0. The Labute approximate surface area is 184 Å². The molecule has 0 bridgehead atoms. The summed E-state index contributed by atoms with van der Waals surface area (Å²) in [5.74, 6) is 0.162. The number of carbonyl (C=O) groups is 2. The van der Waals surface area contributed by atoms with Gasteiger partial charge in [-0.15, -0.1) is 10.2 Å². The van der Waals surface area contributed by atoms with Crippen molar-refractivity contribution in [2.24, 2.45) is 5.92 Å². The number of rotatable bonds is 6. The first kappa shape index (κ1) is 20.0. The first-order valence-electron chi connectivity index (χ1n) is 10.9. The predicted octanol–water partition coefficient (Wildman–Crippen LogP) is 2.72. The van der Waals surface area contributed by atoms with Gasteiger partial charge in [-0.25, -0.2) is 0 Å². The minimum absolute atomic E-state index is 0.0579. The quantitative estimate of drug-likeness (QED) is 0.617. The number of carbonyl (C=O) groups excluding carboxylic acids is 2. The van der Waals surface area contributed by atoms with Gasteiger partial charge in [-0.2, -0.15) is 0 Å². The van der Waals surface area contributed by atoms with Gasteiger partial charge in [0, 0.05) is 49.7 Å². The van der Waals surface area contributed by atoms with Crippen LogP contribution in [0.2, 0.25) is 0 Å². The van der Waals surface area contributed by atoms with Crippen LogP contribution in [0, 0.1) is 5.92 Å². The van der Waals surface area contributed by atoms with Crippen molar-refractivity contribution in [3.63, 3.8) is 0 Å². The lowest BCUT2D eigenvalue weighted by Gasteiger charge is -2.31. The number of anilines is 2. The van der Waals surface area contributed by atoms with E-state index >= 15 is 0 Å². The number of nitrogens with zero attached hydrogens (tertiary/aromatic N) is 4. The third kappa shape index (κ3) is 4.14. The molecule has 1 atom stereocenters. The van der Waals surface area contributed by atoms with E-state index in [4.69, 9.17) is 0 Å².